The van der Waals surface area contributed by atoms with Gasteiger partial charge >= 0.3 is 5.51 Å². The van der Waals surface area contributed by atoms with Gasteiger partial charge in [-0.15, -0.1) is 0 Å². The van der Waals surface area contributed by atoms with E-state index in [0.29, 0.717) is 26.2 Å². The van der Waals surface area contributed by atoms with Gasteiger partial charge in [-0.1, -0.05) is 12.1 Å². The van der Waals surface area contributed by atoms with E-state index in [0.717, 1.165) is 25.3 Å². The van der Waals surface area contributed by atoms with Crippen molar-refractivity contribution in [1.82, 2.24) is 9.80 Å². The maximum atomic E-state index is 12.2. The second-order valence-electron chi connectivity index (χ2n) is 5.93. The maximum absolute atomic E-state index is 12.2. The van der Waals surface area contributed by atoms with Crippen LogP contribution in [0.4, 0.5) is 13.2 Å². The molecule has 0 radical (unpaired) electrons. The summed E-state index contributed by atoms with van der Waals surface area (Å²) < 4.78 is 42.0. The molecule has 0 aliphatic carbocycles. The first-order valence-electron chi connectivity index (χ1n) is 7.86. The molecule has 1 fully saturated rings. The van der Waals surface area contributed by atoms with Crippen LogP contribution >= 0.6 is 11.8 Å². The molecule has 132 valence electrons. The van der Waals surface area contributed by atoms with Crippen molar-refractivity contribution >= 4 is 17.7 Å². The highest BCUT2D eigenvalue weighted by molar-refractivity contribution is 8.00. The van der Waals surface area contributed by atoms with Crippen molar-refractivity contribution in [3.63, 3.8) is 0 Å². The zero-order valence-electron chi connectivity index (χ0n) is 13.1. The van der Waals surface area contributed by atoms with Crippen molar-refractivity contribution in [3.8, 4) is 5.75 Å². The third-order valence-electron chi connectivity index (χ3n) is 4.24. The summed E-state index contributed by atoms with van der Waals surface area (Å²) in [5.41, 5.74) is -1.92. The molecular formula is C16H19F3N2O2S. The van der Waals surface area contributed by atoms with Crippen molar-refractivity contribution in [3.05, 3.63) is 29.3 Å². The molecule has 1 amide bonds. The van der Waals surface area contributed by atoms with Gasteiger partial charge in [0.05, 0.1) is 12.4 Å². The van der Waals surface area contributed by atoms with Gasteiger partial charge in [0, 0.05) is 39.1 Å². The largest absolute Gasteiger partial charge is 0.493 e. The van der Waals surface area contributed by atoms with Crippen LogP contribution in [0.3, 0.4) is 0 Å². The fourth-order valence-electron chi connectivity index (χ4n) is 2.99. The van der Waals surface area contributed by atoms with Gasteiger partial charge in [-0.25, -0.2) is 0 Å². The van der Waals surface area contributed by atoms with Crippen molar-refractivity contribution < 1.29 is 22.7 Å². The molecule has 4 nitrogen and oxygen atoms in total. The van der Waals surface area contributed by atoms with Crippen molar-refractivity contribution in [2.75, 3.05) is 38.5 Å². The summed E-state index contributed by atoms with van der Waals surface area (Å²) in [4.78, 5) is 15.6. The monoisotopic (exact) mass is 360 g/mol. The van der Waals surface area contributed by atoms with E-state index in [1.54, 1.807) is 0 Å². The summed E-state index contributed by atoms with van der Waals surface area (Å²) in [7, 11) is 0. The van der Waals surface area contributed by atoms with E-state index in [4.69, 9.17) is 4.74 Å². The SMILES string of the molecule is O=C(CSC(F)(F)F)N1CCN(Cc2ccc3c(c2)CCO3)CC1. The fourth-order valence-corrected chi connectivity index (χ4v) is 3.46. The number of piperazine rings is 1. The minimum atomic E-state index is -4.35. The highest BCUT2D eigenvalue weighted by Crippen LogP contribution is 2.30. The Balaban J connectivity index is 1.46. The Morgan fingerprint density at radius 3 is 2.67 bits per heavy atom. The lowest BCUT2D eigenvalue weighted by molar-refractivity contribution is -0.130. The Morgan fingerprint density at radius 2 is 1.96 bits per heavy atom. The average molecular weight is 360 g/mol. The van der Waals surface area contributed by atoms with Crippen LogP contribution in [0.5, 0.6) is 5.75 Å². The van der Waals surface area contributed by atoms with Crippen LogP contribution < -0.4 is 4.74 Å². The van der Waals surface area contributed by atoms with E-state index in [1.807, 2.05) is 12.1 Å². The molecule has 8 heteroatoms. The molecule has 0 unspecified atom stereocenters. The highest BCUT2D eigenvalue weighted by Gasteiger charge is 2.31. The molecule has 2 aliphatic rings. The Labute approximate surface area is 142 Å². The molecule has 2 aliphatic heterocycles. The summed E-state index contributed by atoms with van der Waals surface area (Å²) >= 11 is -0.267. The van der Waals surface area contributed by atoms with Crippen molar-refractivity contribution in [1.29, 1.82) is 0 Å². The second kappa shape index (κ2) is 7.23. The van der Waals surface area contributed by atoms with E-state index < -0.39 is 17.2 Å². The number of hydrogen-bond acceptors (Lipinski definition) is 4. The Hall–Kier alpha value is -1.41. The van der Waals surface area contributed by atoms with Gasteiger partial charge in [-0.05, 0) is 29.0 Å². The molecule has 0 aromatic heterocycles. The molecule has 1 aromatic carbocycles. The molecule has 0 atom stereocenters. The van der Waals surface area contributed by atoms with Crippen LogP contribution in [-0.4, -0.2) is 59.8 Å². The van der Waals surface area contributed by atoms with E-state index in [9.17, 15) is 18.0 Å². The van der Waals surface area contributed by atoms with Gasteiger partial charge in [0.1, 0.15) is 5.75 Å². The molecular weight excluding hydrogens is 341 g/mol. The van der Waals surface area contributed by atoms with Gasteiger partial charge in [0.25, 0.3) is 0 Å². The predicted octanol–water partition coefficient (Wildman–Crippen LogP) is 2.52. The quantitative estimate of drug-likeness (QED) is 0.826. The number of benzene rings is 1. The lowest BCUT2D eigenvalue weighted by Crippen LogP contribution is -2.49. The van der Waals surface area contributed by atoms with Crippen LogP contribution in [0, 0.1) is 0 Å². The third-order valence-corrected chi connectivity index (χ3v) is 4.96. The van der Waals surface area contributed by atoms with E-state index in [-0.39, 0.29) is 11.8 Å². The van der Waals surface area contributed by atoms with Gasteiger partial charge in [-0.3, -0.25) is 9.69 Å². The van der Waals surface area contributed by atoms with Crippen LogP contribution in [0.15, 0.2) is 18.2 Å². The molecule has 24 heavy (non-hydrogen) atoms. The predicted molar refractivity (Wildman–Crippen MR) is 86.0 cm³/mol. The zero-order chi connectivity index (χ0) is 17.2. The third kappa shape index (κ3) is 4.57. The van der Waals surface area contributed by atoms with Crippen LogP contribution in [0.25, 0.3) is 0 Å². The fraction of sp³-hybridized carbons (Fsp3) is 0.562. The number of nitrogens with zero attached hydrogens (tertiary/aromatic N) is 2. The Kier molecular flexibility index (Phi) is 5.24. The summed E-state index contributed by atoms with van der Waals surface area (Å²) in [6.45, 7) is 3.82. The summed E-state index contributed by atoms with van der Waals surface area (Å²) in [6.07, 6.45) is 0.933. The van der Waals surface area contributed by atoms with E-state index in [2.05, 4.69) is 11.0 Å². The topological polar surface area (TPSA) is 32.8 Å². The first-order valence-corrected chi connectivity index (χ1v) is 8.85. The van der Waals surface area contributed by atoms with Gasteiger partial charge < -0.3 is 9.64 Å². The number of rotatable bonds is 4. The summed E-state index contributed by atoms with van der Waals surface area (Å²) in [5, 5.41) is 0. The molecule has 1 aromatic rings. The van der Waals surface area contributed by atoms with Gasteiger partial charge in [-0.2, -0.15) is 13.2 Å². The van der Waals surface area contributed by atoms with Crippen LogP contribution in [-0.2, 0) is 17.8 Å². The highest BCUT2D eigenvalue weighted by atomic mass is 32.2. The van der Waals surface area contributed by atoms with Gasteiger partial charge in [0.15, 0.2) is 0 Å². The van der Waals surface area contributed by atoms with E-state index in [1.165, 1.54) is 16.0 Å². The average Bonchev–Trinajstić information content (AvgIpc) is 3.00. The number of halogens is 3. The molecule has 1 saturated heterocycles. The Morgan fingerprint density at radius 1 is 1.21 bits per heavy atom. The molecule has 0 spiro atoms. The van der Waals surface area contributed by atoms with E-state index >= 15 is 0 Å². The number of carbonyl (C=O) groups excluding carboxylic acids is 1. The minimum absolute atomic E-state index is 0.267. The number of carbonyl (C=O) groups is 1. The molecule has 2 heterocycles. The van der Waals surface area contributed by atoms with Crippen LogP contribution in [0.2, 0.25) is 0 Å². The smallest absolute Gasteiger partial charge is 0.442 e. The number of ether oxygens (including phenoxy) is 1. The maximum Gasteiger partial charge on any atom is 0.442 e. The Bertz CT molecular complexity index is 601. The number of hydrogen-bond donors (Lipinski definition) is 0. The van der Waals surface area contributed by atoms with Crippen molar-refractivity contribution in [2.24, 2.45) is 0 Å². The number of alkyl halides is 3. The number of fused-ring (bicyclic) bond motifs is 1. The van der Waals surface area contributed by atoms with Gasteiger partial charge in [0.2, 0.25) is 5.91 Å². The first kappa shape index (κ1) is 17.4. The molecule has 0 N–H and O–H groups in total. The van der Waals surface area contributed by atoms with Crippen molar-refractivity contribution in [2.45, 2.75) is 18.5 Å². The number of amides is 1. The van der Waals surface area contributed by atoms with Crippen LogP contribution in [0.1, 0.15) is 11.1 Å². The number of thioether (sulfide) groups is 1. The standard InChI is InChI=1S/C16H19F3N2O2S/c17-16(18,19)24-11-15(22)21-6-4-20(5-7-21)10-12-1-2-14-13(9-12)3-8-23-14/h1-2,9H,3-8,10-11H2. The molecule has 0 bridgehead atoms. The normalized spacial score (nSPS) is 18.4. The molecule has 3 rings (SSSR count). The summed E-state index contributed by atoms with van der Waals surface area (Å²) in [6, 6.07) is 6.19. The zero-order valence-corrected chi connectivity index (χ0v) is 14.0. The summed E-state index contributed by atoms with van der Waals surface area (Å²) in [5.74, 6) is -0.0168. The molecule has 0 saturated carbocycles. The lowest BCUT2D eigenvalue weighted by Gasteiger charge is -2.34. The lowest BCUT2D eigenvalue weighted by atomic mass is 10.1. The first-order chi connectivity index (χ1) is 11.4. The minimum Gasteiger partial charge on any atom is -0.493 e. The second-order valence-corrected chi connectivity index (χ2v) is 6.97.